The summed E-state index contributed by atoms with van der Waals surface area (Å²) in [5.41, 5.74) is 5.96. The minimum Gasteiger partial charge on any atom is -0.367 e. The molecule has 1 aliphatic heterocycles. The Bertz CT molecular complexity index is 366. The van der Waals surface area contributed by atoms with Crippen molar-refractivity contribution in [3.8, 4) is 0 Å². The maximum Gasteiger partial charge on any atom is 0.243 e. The summed E-state index contributed by atoms with van der Waals surface area (Å²) in [5.74, 6) is 1.37. The van der Waals surface area contributed by atoms with Gasteiger partial charge in [-0.3, -0.25) is 0 Å². The molecule has 1 aromatic heterocycles. The molecule has 17 heavy (non-hydrogen) atoms. The summed E-state index contributed by atoms with van der Waals surface area (Å²) in [6.07, 6.45) is -0.106. The maximum atomic E-state index is 5.96. The number of morpholine rings is 1. The molecule has 2 heterocycles. The van der Waals surface area contributed by atoms with E-state index in [1.807, 2.05) is 13.8 Å². The second kappa shape index (κ2) is 5.12. The molecule has 1 unspecified atom stereocenters. The topological polar surface area (TPSA) is 77.4 Å². The van der Waals surface area contributed by atoms with Crippen LogP contribution in [-0.2, 0) is 4.74 Å². The first-order valence-corrected chi connectivity index (χ1v) is 5.97. The zero-order valence-electron chi connectivity index (χ0n) is 10.6. The van der Waals surface area contributed by atoms with Gasteiger partial charge < -0.3 is 19.9 Å². The first-order valence-electron chi connectivity index (χ1n) is 5.97. The summed E-state index contributed by atoms with van der Waals surface area (Å²) in [4.78, 5) is 6.52. The summed E-state index contributed by atoms with van der Waals surface area (Å²) >= 11 is 0. The van der Waals surface area contributed by atoms with Crippen LogP contribution in [0.5, 0.6) is 0 Å². The van der Waals surface area contributed by atoms with Crippen molar-refractivity contribution >= 4 is 0 Å². The van der Waals surface area contributed by atoms with Crippen LogP contribution in [-0.4, -0.2) is 41.8 Å². The molecule has 0 aliphatic carbocycles. The molecular weight excluding hydrogens is 220 g/mol. The van der Waals surface area contributed by atoms with E-state index in [0.29, 0.717) is 18.3 Å². The zero-order chi connectivity index (χ0) is 12.4. The smallest absolute Gasteiger partial charge is 0.243 e. The number of nitrogens with zero attached hydrogens (tertiary/aromatic N) is 3. The Hall–Kier alpha value is -0.980. The normalized spacial score (nSPS) is 24.2. The third kappa shape index (κ3) is 2.83. The first kappa shape index (κ1) is 12.5. The fourth-order valence-corrected chi connectivity index (χ4v) is 1.73. The minimum absolute atomic E-state index is 0.106. The fraction of sp³-hybridized carbons (Fsp3) is 0.818. The van der Waals surface area contributed by atoms with E-state index in [0.717, 1.165) is 13.1 Å². The summed E-state index contributed by atoms with van der Waals surface area (Å²) in [6, 6.07) is -0.211. The Balaban J connectivity index is 2.07. The highest BCUT2D eigenvalue weighted by Crippen LogP contribution is 2.22. The van der Waals surface area contributed by atoms with Crippen molar-refractivity contribution in [3.63, 3.8) is 0 Å². The van der Waals surface area contributed by atoms with Crippen LogP contribution in [0.15, 0.2) is 4.52 Å². The van der Waals surface area contributed by atoms with Crippen molar-refractivity contribution in [2.45, 2.75) is 26.0 Å². The number of ether oxygens (including phenoxy) is 1. The Labute approximate surface area is 101 Å². The molecule has 0 spiro atoms. The molecule has 1 saturated heterocycles. The highest BCUT2D eigenvalue weighted by Gasteiger charge is 2.26. The summed E-state index contributed by atoms with van der Waals surface area (Å²) < 4.78 is 10.8. The van der Waals surface area contributed by atoms with Crippen molar-refractivity contribution in [2.75, 3.05) is 26.7 Å². The summed E-state index contributed by atoms with van der Waals surface area (Å²) in [6.45, 7) is 6.47. The standard InChI is InChI=1S/C11H20N4O2/c1-7(2)9(12)11-13-10(14-17-11)8-6-15(3)4-5-16-8/h7-9H,4-6,12H2,1-3H3/t8?,9-/m0/s1. The van der Waals surface area contributed by atoms with Gasteiger partial charge in [-0.15, -0.1) is 0 Å². The Morgan fingerprint density at radius 3 is 2.88 bits per heavy atom. The minimum atomic E-state index is -0.211. The average Bonchev–Trinajstić information content (AvgIpc) is 2.77. The third-order valence-corrected chi connectivity index (χ3v) is 3.02. The van der Waals surface area contributed by atoms with Gasteiger partial charge in [0.2, 0.25) is 11.7 Å². The molecule has 2 rings (SSSR count). The lowest BCUT2D eigenvalue weighted by Gasteiger charge is -2.27. The number of hydrogen-bond donors (Lipinski definition) is 1. The third-order valence-electron chi connectivity index (χ3n) is 3.02. The predicted octanol–water partition coefficient (Wildman–Crippen LogP) is 0.728. The van der Waals surface area contributed by atoms with Crippen LogP contribution in [0.25, 0.3) is 0 Å². The van der Waals surface area contributed by atoms with Gasteiger partial charge >= 0.3 is 0 Å². The van der Waals surface area contributed by atoms with Crippen molar-refractivity contribution in [3.05, 3.63) is 11.7 Å². The molecule has 1 aliphatic rings. The molecule has 2 N–H and O–H groups in total. The number of hydrogen-bond acceptors (Lipinski definition) is 6. The number of aromatic nitrogens is 2. The van der Waals surface area contributed by atoms with E-state index in [4.69, 9.17) is 15.0 Å². The molecule has 6 heteroatoms. The van der Waals surface area contributed by atoms with Crippen molar-refractivity contribution in [2.24, 2.45) is 11.7 Å². The van der Waals surface area contributed by atoms with Crippen LogP contribution in [0.3, 0.4) is 0 Å². The summed E-state index contributed by atoms with van der Waals surface area (Å²) in [7, 11) is 2.05. The predicted molar refractivity (Wildman–Crippen MR) is 62.3 cm³/mol. The summed E-state index contributed by atoms with van der Waals surface area (Å²) in [5, 5.41) is 3.96. The molecule has 0 saturated carbocycles. The highest BCUT2D eigenvalue weighted by atomic mass is 16.5. The van der Waals surface area contributed by atoms with E-state index < -0.39 is 0 Å². The van der Waals surface area contributed by atoms with Crippen LogP contribution in [0, 0.1) is 5.92 Å². The van der Waals surface area contributed by atoms with Gasteiger partial charge in [-0.05, 0) is 13.0 Å². The van der Waals surface area contributed by atoms with Crippen LogP contribution < -0.4 is 5.73 Å². The molecular formula is C11H20N4O2. The van der Waals surface area contributed by atoms with E-state index in [1.54, 1.807) is 0 Å². The van der Waals surface area contributed by atoms with E-state index in [-0.39, 0.29) is 18.1 Å². The Morgan fingerprint density at radius 2 is 2.24 bits per heavy atom. The molecule has 0 amide bonds. The second-order valence-electron chi connectivity index (χ2n) is 4.88. The SMILES string of the molecule is CC(C)[C@H](N)c1nc(C2CN(C)CCO2)no1. The Kier molecular flexibility index (Phi) is 3.76. The van der Waals surface area contributed by atoms with Crippen LogP contribution in [0.4, 0.5) is 0 Å². The number of nitrogens with two attached hydrogens (primary N) is 1. The van der Waals surface area contributed by atoms with E-state index in [2.05, 4.69) is 22.1 Å². The second-order valence-corrected chi connectivity index (χ2v) is 4.88. The highest BCUT2D eigenvalue weighted by molar-refractivity contribution is 4.97. The van der Waals surface area contributed by atoms with E-state index in [9.17, 15) is 0 Å². The van der Waals surface area contributed by atoms with Gasteiger partial charge in [0.05, 0.1) is 12.6 Å². The average molecular weight is 240 g/mol. The zero-order valence-corrected chi connectivity index (χ0v) is 10.6. The van der Waals surface area contributed by atoms with Crippen LogP contribution in [0.2, 0.25) is 0 Å². The van der Waals surface area contributed by atoms with E-state index >= 15 is 0 Å². The van der Waals surface area contributed by atoms with Crippen molar-refractivity contribution in [1.29, 1.82) is 0 Å². The van der Waals surface area contributed by atoms with Crippen molar-refractivity contribution < 1.29 is 9.26 Å². The lowest BCUT2D eigenvalue weighted by molar-refractivity contribution is -0.0264. The van der Waals surface area contributed by atoms with Crippen molar-refractivity contribution in [1.82, 2.24) is 15.0 Å². The molecule has 0 bridgehead atoms. The van der Waals surface area contributed by atoms with Gasteiger partial charge in [0, 0.05) is 13.1 Å². The number of rotatable bonds is 3. The van der Waals surface area contributed by atoms with Gasteiger partial charge in [0.1, 0.15) is 6.10 Å². The maximum absolute atomic E-state index is 5.96. The van der Waals surface area contributed by atoms with Gasteiger partial charge in [0.15, 0.2) is 0 Å². The Morgan fingerprint density at radius 1 is 1.47 bits per heavy atom. The van der Waals surface area contributed by atoms with Gasteiger partial charge in [-0.2, -0.15) is 4.98 Å². The molecule has 6 nitrogen and oxygen atoms in total. The number of likely N-dealkylation sites (N-methyl/N-ethyl adjacent to an activating group) is 1. The quantitative estimate of drug-likeness (QED) is 0.839. The monoisotopic (exact) mass is 240 g/mol. The molecule has 2 atom stereocenters. The van der Waals surface area contributed by atoms with Crippen LogP contribution >= 0.6 is 0 Å². The lowest BCUT2D eigenvalue weighted by atomic mass is 10.1. The molecule has 1 fully saturated rings. The van der Waals surface area contributed by atoms with Gasteiger partial charge in [-0.25, -0.2) is 0 Å². The van der Waals surface area contributed by atoms with E-state index in [1.165, 1.54) is 0 Å². The molecule has 1 aromatic rings. The molecule has 0 radical (unpaired) electrons. The van der Waals surface area contributed by atoms with Gasteiger partial charge in [-0.1, -0.05) is 19.0 Å². The largest absolute Gasteiger partial charge is 0.367 e. The molecule has 0 aromatic carbocycles. The first-order chi connectivity index (χ1) is 8.08. The lowest BCUT2D eigenvalue weighted by Crippen LogP contribution is -2.35. The molecule has 96 valence electrons. The van der Waals surface area contributed by atoms with Crippen LogP contribution in [0.1, 0.15) is 37.7 Å². The fourth-order valence-electron chi connectivity index (χ4n) is 1.73. The van der Waals surface area contributed by atoms with Gasteiger partial charge in [0.25, 0.3) is 0 Å².